The molecule has 0 bridgehead atoms. The number of nitrogens with one attached hydrogen (secondary N) is 2. The number of amides is 3. The van der Waals surface area contributed by atoms with E-state index in [4.69, 9.17) is 11.6 Å². The predicted molar refractivity (Wildman–Crippen MR) is 110 cm³/mol. The minimum Gasteiger partial charge on any atom is -0.368 e. The molecule has 0 aromatic heterocycles. The molecule has 0 radical (unpaired) electrons. The highest BCUT2D eigenvalue weighted by atomic mass is 35.5. The smallest absolute Gasteiger partial charge is 0.242 e. The van der Waals surface area contributed by atoms with E-state index >= 15 is 0 Å². The Balaban J connectivity index is 1.59. The molecule has 154 valence electrons. The zero-order valence-electron chi connectivity index (χ0n) is 16.4. The molecule has 28 heavy (non-hydrogen) atoms. The average Bonchev–Trinajstić information content (AvgIpc) is 2.68. The number of halogens is 1. The van der Waals surface area contributed by atoms with Gasteiger partial charge < -0.3 is 20.4 Å². The lowest BCUT2D eigenvalue weighted by molar-refractivity contribution is -0.133. The maximum absolute atomic E-state index is 12.3. The summed E-state index contributed by atoms with van der Waals surface area (Å²) in [5, 5.41) is 6.14. The monoisotopic (exact) mass is 408 g/mol. The van der Waals surface area contributed by atoms with Gasteiger partial charge in [-0.05, 0) is 31.0 Å². The Bertz CT molecular complexity index is 675. The Kier molecular flexibility index (Phi) is 9.07. The maximum atomic E-state index is 12.3. The fourth-order valence-corrected chi connectivity index (χ4v) is 3.30. The molecule has 7 nitrogen and oxygen atoms in total. The van der Waals surface area contributed by atoms with Crippen LogP contribution in [0.25, 0.3) is 0 Å². The summed E-state index contributed by atoms with van der Waals surface area (Å²) in [5.74, 6) is -0.195. The first-order chi connectivity index (χ1) is 13.5. The quantitative estimate of drug-likeness (QED) is 0.610. The van der Waals surface area contributed by atoms with E-state index in [2.05, 4.69) is 15.5 Å². The lowest BCUT2D eigenvalue weighted by Gasteiger charge is -2.36. The van der Waals surface area contributed by atoms with E-state index in [1.165, 1.54) is 6.92 Å². The van der Waals surface area contributed by atoms with Gasteiger partial charge in [0.05, 0.1) is 6.54 Å². The van der Waals surface area contributed by atoms with E-state index in [-0.39, 0.29) is 24.3 Å². The number of rotatable bonds is 9. The molecule has 0 aliphatic carbocycles. The zero-order valence-corrected chi connectivity index (χ0v) is 17.1. The van der Waals surface area contributed by atoms with Crippen LogP contribution in [0.2, 0.25) is 5.02 Å². The second kappa shape index (κ2) is 11.5. The number of benzene rings is 1. The summed E-state index contributed by atoms with van der Waals surface area (Å²) >= 11 is 6.04. The lowest BCUT2D eigenvalue weighted by atomic mass is 10.2. The SMILES string of the molecule is CC(=O)NCCCCCC(=O)NCC(=O)N1CCN(c2cccc(Cl)c2)CC1. The van der Waals surface area contributed by atoms with Crippen molar-refractivity contribution in [3.63, 3.8) is 0 Å². The summed E-state index contributed by atoms with van der Waals surface area (Å²) in [5.41, 5.74) is 1.06. The second-order valence-electron chi connectivity index (χ2n) is 6.92. The standard InChI is InChI=1S/C20H29ClN4O3/c1-16(26)22-9-4-2-3-8-19(27)23-15-20(28)25-12-10-24(11-13-25)18-7-5-6-17(21)14-18/h5-7,14H,2-4,8-13,15H2,1H3,(H,22,26)(H,23,27). The molecule has 1 saturated heterocycles. The molecule has 1 aliphatic heterocycles. The highest BCUT2D eigenvalue weighted by Gasteiger charge is 2.21. The van der Waals surface area contributed by atoms with Crippen molar-refractivity contribution in [3.05, 3.63) is 29.3 Å². The average molecular weight is 409 g/mol. The first kappa shape index (κ1) is 22.0. The van der Waals surface area contributed by atoms with E-state index in [1.807, 2.05) is 24.3 Å². The first-order valence-electron chi connectivity index (χ1n) is 9.75. The van der Waals surface area contributed by atoms with Crippen LogP contribution in [0.15, 0.2) is 24.3 Å². The number of unbranched alkanes of at least 4 members (excludes halogenated alkanes) is 2. The molecule has 0 atom stereocenters. The van der Waals surface area contributed by atoms with Crippen LogP contribution in [-0.4, -0.2) is 61.9 Å². The van der Waals surface area contributed by atoms with Gasteiger partial charge in [0.15, 0.2) is 0 Å². The van der Waals surface area contributed by atoms with Gasteiger partial charge in [-0.15, -0.1) is 0 Å². The van der Waals surface area contributed by atoms with Crippen molar-refractivity contribution in [2.45, 2.75) is 32.6 Å². The van der Waals surface area contributed by atoms with E-state index in [0.29, 0.717) is 31.1 Å². The van der Waals surface area contributed by atoms with Crippen LogP contribution in [-0.2, 0) is 14.4 Å². The predicted octanol–water partition coefficient (Wildman–Crippen LogP) is 1.80. The molecule has 8 heteroatoms. The maximum Gasteiger partial charge on any atom is 0.242 e. The first-order valence-corrected chi connectivity index (χ1v) is 10.1. The Labute approximate surface area is 171 Å². The van der Waals surface area contributed by atoms with E-state index < -0.39 is 0 Å². The Morgan fingerprint density at radius 1 is 1.04 bits per heavy atom. The van der Waals surface area contributed by atoms with E-state index in [9.17, 15) is 14.4 Å². The summed E-state index contributed by atoms with van der Waals surface area (Å²) < 4.78 is 0. The molecule has 0 saturated carbocycles. The number of piperazine rings is 1. The molecule has 1 aromatic carbocycles. The Morgan fingerprint density at radius 2 is 1.79 bits per heavy atom. The summed E-state index contributed by atoms with van der Waals surface area (Å²) in [7, 11) is 0. The topological polar surface area (TPSA) is 81.8 Å². The van der Waals surface area contributed by atoms with Crippen molar-refractivity contribution < 1.29 is 14.4 Å². The molecule has 1 heterocycles. The van der Waals surface area contributed by atoms with Crippen molar-refractivity contribution >= 4 is 35.0 Å². The van der Waals surface area contributed by atoms with Crippen molar-refractivity contribution in [2.75, 3.05) is 44.2 Å². The molecule has 1 aromatic rings. The van der Waals surface area contributed by atoms with Crippen molar-refractivity contribution in [1.29, 1.82) is 0 Å². The number of nitrogens with zero attached hydrogens (tertiary/aromatic N) is 2. The number of anilines is 1. The number of carbonyl (C=O) groups is 3. The van der Waals surface area contributed by atoms with Crippen LogP contribution in [0, 0.1) is 0 Å². The van der Waals surface area contributed by atoms with Gasteiger partial charge in [-0.1, -0.05) is 24.1 Å². The second-order valence-corrected chi connectivity index (χ2v) is 7.35. The van der Waals surface area contributed by atoms with Gasteiger partial charge in [-0.3, -0.25) is 14.4 Å². The van der Waals surface area contributed by atoms with Gasteiger partial charge in [-0.25, -0.2) is 0 Å². The van der Waals surface area contributed by atoms with Gasteiger partial charge in [0.1, 0.15) is 0 Å². The minimum absolute atomic E-state index is 0.0374. The molecule has 2 rings (SSSR count). The molecule has 1 aliphatic rings. The van der Waals surface area contributed by atoms with Crippen LogP contribution in [0.3, 0.4) is 0 Å². The fraction of sp³-hybridized carbons (Fsp3) is 0.550. The van der Waals surface area contributed by atoms with Gasteiger partial charge in [-0.2, -0.15) is 0 Å². The number of hydrogen-bond acceptors (Lipinski definition) is 4. The van der Waals surface area contributed by atoms with Crippen LogP contribution in [0.5, 0.6) is 0 Å². The molecule has 3 amide bonds. The molecule has 1 fully saturated rings. The highest BCUT2D eigenvalue weighted by molar-refractivity contribution is 6.30. The van der Waals surface area contributed by atoms with Gasteiger partial charge in [0, 0.05) is 56.8 Å². The lowest BCUT2D eigenvalue weighted by Crippen LogP contribution is -2.51. The molecular weight excluding hydrogens is 380 g/mol. The molecular formula is C20H29ClN4O3. The summed E-state index contributed by atoms with van der Waals surface area (Å²) in [6.07, 6.45) is 2.86. The number of carbonyl (C=O) groups excluding carboxylic acids is 3. The minimum atomic E-state index is -0.106. The summed E-state index contributed by atoms with van der Waals surface area (Å²) in [4.78, 5) is 38.9. The van der Waals surface area contributed by atoms with Crippen molar-refractivity contribution in [1.82, 2.24) is 15.5 Å². The van der Waals surface area contributed by atoms with Crippen LogP contribution in [0.4, 0.5) is 5.69 Å². The largest absolute Gasteiger partial charge is 0.368 e. The number of hydrogen-bond donors (Lipinski definition) is 2. The van der Waals surface area contributed by atoms with Gasteiger partial charge in [0.2, 0.25) is 17.7 Å². The van der Waals surface area contributed by atoms with Crippen LogP contribution in [0.1, 0.15) is 32.6 Å². The molecule has 0 spiro atoms. The molecule has 2 N–H and O–H groups in total. The van der Waals surface area contributed by atoms with Crippen molar-refractivity contribution in [3.8, 4) is 0 Å². The summed E-state index contributed by atoms with van der Waals surface area (Å²) in [6.45, 7) is 4.91. The van der Waals surface area contributed by atoms with Crippen molar-refractivity contribution in [2.24, 2.45) is 0 Å². The van der Waals surface area contributed by atoms with Crippen LogP contribution < -0.4 is 15.5 Å². The third kappa shape index (κ3) is 7.76. The van der Waals surface area contributed by atoms with E-state index in [1.54, 1.807) is 4.90 Å². The Morgan fingerprint density at radius 3 is 2.46 bits per heavy atom. The third-order valence-corrected chi connectivity index (χ3v) is 4.93. The third-order valence-electron chi connectivity index (χ3n) is 4.70. The Hall–Kier alpha value is -2.28. The van der Waals surface area contributed by atoms with Gasteiger partial charge >= 0.3 is 0 Å². The van der Waals surface area contributed by atoms with Gasteiger partial charge in [0.25, 0.3) is 0 Å². The van der Waals surface area contributed by atoms with Crippen LogP contribution >= 0.6 is 11.6 Å². The summed E-state index contributed by atoms with van der Waals surface area (Å²) in [6, 6.07) is 7.70. The van der Waals surface area contributed by atoms with E-state index in [0.717, 1.165) is 38.0 Å². The normalized spacial score (nSPS) is 13.9. The highest BCUT2D eigenvalue weighted by Crippen LogP contribution is 2.20. The fourth-order valence-electron chi connectivity index (χ4n) is 3.11. The zero-order chi connectivity index (χ0) is 20.4. The molecule has 0 unspecified atom stereocenters.